The fourth-order valence-corrected chi connectivity index (χ4v) is 1.19. The summed E-state index contributed by atoms with van der Waals surface area (Å²) in [7, 11) is 2.74. The van der Waals surface area contributed by atoms with Crippen molar-refractivity contribution in [2.75, 3.05) is 14.2 Å². The van der Waals surface area contributed by atoms with E-state index >= 15 is 0 Å². The largest absolute Gasteiger partial charge is 0.469 e. The molecule has 0 aromatic heterocycles. The average molecular weight is 202 g/mol. The Balaban J connectivity index is 3.79. The molecule has 0 saturated carbocycles. The summed E-state index contributed by atoms with van der Waals surface area (Å²) in [4.78, 5) is 21.8. The van der Waals surface area contributed by atoms with Crippen LogP contribution in [0.25, 0.3) is 0 Å². The van der Waals surface area contributed by atoms with Crippen LogP contribution in [0.2, 0.25) is 0 Å². The van der Waals surface area contributed by atoms with Crippen molar-refractivity contribution < 1.29 is 19.1 Å². The predicted octanol–water partition coefficient (Wildman–Crippen LogP) is 1.53. The maximum atomic E-state index is 11.0. The number of carbonyl (C=O) groups is 2. The van der Waals surface area contributed by atoms with Crippen LogP contribution in [0.1, 0.15) is 32.6 Å². The summed E-state index contributed by atoms with van der Waals surface area (Å²) >= 11 is 0. The smallest absolute Gasteiger partial charge is 0.305 e. The van der Waals surface area contributed by atoms with Crippen molar-refractivity contribution in [3.05, 3.63) is 0 Å². The van der Waals surface area contributed by atoms with E-state index in [1.807, 2.05) is 6.92 Å². The maximum Gasteiger partial charge on any atom is 0.305 e. The van der Waals surface area contributed by atoms with Gasteiger partial charge in [-0.25, -0.2) is 0 Å². The lowest BCUT2D eigenvalue weighted by atomic mass is 9.97. The van der Waals surface area contributed by atoms with E-state index in [0.717, 1.165) is 6.42 Å². The molecule has 0 aliphatic carbocycles. The van der Waals surface area contributed by atoms with Gasteiger partial charge in [0.15, 0.2) is 0 Å². The molecular weight excluding hydrogens is 184 g/mol. The lowest BCUT2D eigenvalue weighted by molar-refractivity contribution is -0.144. The molecule has 0 aromatic rings. The third-order valence-corrected chi connectivity index (χ3v) is 2.24. The summed E-state index contributed by atoms with van der Waals surface area (Å²) in [5.41, 5.74) is 0. The van der Waals surface area contributed by atoms with E-state index < -0.39 is 0 Å². The van der Waals surface area contributed by atoms with Gasteiger partial charge in [-0.3, -0.25) is 9.59 Å². The molecule has 0 bridgehead atoms. The van der Waals surface area contributed by atoms with Gasteiger partial charge in [0, 0.05) is 12.8 Å². The fraction of sp³-hybridized carbons (Fsp3) is 0.800. The minimum absolute atomic E-state index is 0.210. The molecule has 0 heterocycles. The van der Waals surface area contributed by atoms with Gasteiger partial charge in [0.05, 0.1) is 14.2 Å². The highest BCUT2D eigenvalue weighted by Gasteiger charge is 2.14. The number of rotatable bonds is 6. The Hall–Kier alpha value is -1.06. The van der Waals surface area contributed by atoms with Crippen molar-refractivity contribution in [1.82, 2.24) is 0 Å². The van der Waals surface area contributed by atoms with E-state index in [1.165, 1.54) is 14.2 Å². The summed E-state index contributed by atoms with van der Waals surface area (Å²) in [5.74, 6) is -0.239. The van der Waals surface area contributed by atoms with Crippen LogP contribution in [0.15, 0.2) is 0 Å². The van der Waals surface area contributed by atoms with Gasteiger partial charge in [-0.05, 0) is 12.3 Å². The van der Waals surface area contributed by atoms with Crippen molar-refractivity contribution >= 4 is 11.9 Å². The van der Waals surface area contributed by atoms with Crippen LogP contribution >= 0.6 is 0 Å². The Kier molecular flexibility index (Phi) is 6.80. The minimum atomic E-state index is -0.228. The van der Waals surface area contributed by atoms with Crippen molar-refractivity contribution in [2.24, 2.45) is 5.92 Å². The zero-order valence-corrected chi connectivity index (χ0v) is 9.04. The molecule has 1 atom stereocenters. The number of ether oxygens (including phenoxy) is 2. The Morgan fingerprint density at radius 3 is 2.14 bits per heavy atom. The van der Waals surface area contributed by atoms with Gasteiger partial charge in [0.1, 0.15) is 0 Å². The van der Waals surface area contributed by atoms with E-state index in [9.17, 15) is 9.59 Å². The zero-order chi connectivity index (χ0) is 11.0. The molecule has 0 fully saturated rings. The van der Waals surface area contributed by atoms with Crippen molar-refractivity contribution in [1.29, 1.82) is 0 Å². The molecule has 0 rings (SSSR count). The predicted molar refractivity (Wildman–Crippen MR) is 51.7 cm³/mol. The monoisotopic (exact) mass is 202 g/mol. The molecule has 14 heavy (non-hydrogen) atoms. The molecule has 0 aliphatic rings. The average Bonchev–Trinajstić information content (AvgIpc) is 2.22. The SMILES string of the molecule is CCC(CCC(=O)OC)CC(=O)OC. The first-order valence-corrected chi connectivity index (χ1v) is 4.77. The van der Waals surface area contributed by atoms with E-state index in [4.69, 9.17) is 0 Å². The van der Waals surface area contributed by atoms with Crippen molar-refractivity contribution in [3.8, 4) is 0 Å². The molecule has 82 valence electrons. The van der Waals surface area contributed by atoms with Crippen molar-refractivity contribution in [2.45, 2.75) is 32.6 Å². The standard InChI is InChI=1S/C10H18O4/c1-4-8(7-10(12)14-3)5-6-9(11)13-2/h8H,4-7H2,1-3H3. The normalized spacial score (nSPS) is 11.9. The fourth-order valence-electron chi connectivity index (χ4n) is 1.19. The van der Waals surface area contributed by atoms with Crippen LogP contribution in [0.5, 0.6) is 0 Å². The summed E-state index contributed by atoms with van der Waals surface area (Å²) < 4.78 is 9.08. The Bertz CT molecular complexity index is 189. The summed E-state index contributed by atoms with van der Waals surface area (Å²) in [6, 6.07) is 0. The van der Waals surface area contributed by atoms with Gasteiger partial charge in [0.25, 0.3) is 0 Å². The van der Waals surface area contributed by atoms with Gasteiger partial charge >= 0.3 is 11.9 Å². The summed E-state index contributed by atoms with van der Waals surface area (Å²) in [6.07, 6.45) is 2.29. The number of hydrogen-bond donors (Lipinski definition) is 0. The molecule has 4 nitrogen and oxygen atoms in total. The zero-order valence-electron chi connectivity index (χ0n) is 9.04. The molecule has 0 N–H and O–H groups in total. The van der Waals surface area contributed by atoms with E-state index in [1.54, 1.807) is 0 Å². The van der Waals surface area contributed by atoms with Gasteiger partial charge in [-0.15, -0.1) is 0 Å². The van der Waals surface area contributed by atoms with Gasteiger partial charge in [-0.1, -0.05) is 13.3 Å². The first kappa shape index (κ1) is 12.9. The van der Waals surface area contributed by atoms with Gasteiger partial charge in [0.2, 0.25) is 0 Å². The first-order valence-electron chi connectivity index (χ1n) is 4.77. The van der Waals surface area contributed by atoms with E-state index in [-0.39, 0.29) is 17.9 Å². The third-order valence-electron chi connectivity index (χ3n) is 2.24. The highest BCUT2D eigenvalue weighted by molar-refractivity contribution is 5.70. The Labute approximate surface area is 84.6 Å². The number of esters is 2. The van der Waals surface area contributed by atoms with Gasteiger partial charge in [-0.2, -0.15) is 0 Å². The van der Waals surface area contributed by atoms with Crippen LogP contribution in [0.4, 0.5) is 0 Å². The minimum Gasteiger partial charge on any atom is -0.469 e. The van der Waals surface area contributed by atoms with Crippen LogP contribution < -0.4 is 0 Å². The molecule has 0 radical (unpaired) electrons. The number of methoxy groups -OCH3 is 2. The highest BCUT2D eigenvalue weighted by Crippen LogP contribution is 2.16. The molecule has 0 aromatic carbocycles. The lowest BCUT2D eigenvalue weighted by Crippen LogP contribution is -2.11. The van der Waals surface area contributed by atoms with Crippen LogP contribution in [0, 0.1) is 5.92 Å². The topological polar surface area (TPSA) is 52.6 Å². The molecule has 0 spiro atoms. The quantitative estimate of drug-likeness (QED) is 0.613. The molecule has 0 amide bonds. The second-order valence-corrected chi connectivity index (χ2v) is 3.17. The summed E-state index contributed by atoms with van der Waals surface area (Å²) in [6.45, 7) is 1.99. The Morgan fingerprint density at radius 2 is 1.71 bits per heavy atom. The molecule has 4 heteroatoms. The molecule has 1 unspecified atom stereocenters. The van der Waals surface area contributed by atoms with E-state index in [2.05, 4.69) is 9.47 Å². The first-order chi connectivity index (χ1) is 6.63. The maximum absolute atomic E-state index is 11.0. The highest BCUT2D eigenvalue weighted by atomic mass is 16.5. The summed E-state index contributed by atoms with van der Waals surface area (Å²) in [5, 5.41) is 0. The van der Waals surface area contributed by atoms with Crippen LogP contribution in [-0.2, 0) is 19.1 Å². The van der Waals surface area contributed by atoms with E-state index in [0.29, 0.717) is 19.3 Å². The number of carbonyl (C=O) groups excluding carboxylic acids is 2. The van der Waals surface area contributed by atoms with Crippen LogP contribution in [-0.4, -0.2) is 26.2 Å². The Morgan fingerprint density at radius 1 is 1.14 bits per heavy atom. The van der Waals surface area contributed by atoms with Gasteiger partial charge < -0.3 is 9.47 Å². The molecule has 0 saturated heterocycles. The van der Waals surface area contributed by atoms with Crippen molar-refractivity contribution in [3.63, 3.8) is 0 Å². The third kappa shape index (κ3) is 5.56. The molecule has 0 aliphatic heterocycles. The second-order valence-electron chi connectivity index (χ2n) is 3.17. The van der Waals surface area contributed by atoms with Crippen LogP contribution in [0.3, 0.4) is 0 Å². The second kappa shape index (κ2) is 7.35. The lowest BCUT2D eigenvalue weighted by Gasteiger charge is -2.11. The molecular formula is C10H18O4. The number of hydrogen-bond acceptors (Lipinski definition) is 4.